The van der Waals surface area contributed by atoms with E-state index in [2.05, 4.69) is 10.6 Å². The third kappa shape index (κ3) is 4.49. The van der Waals surface area contributed by atoms with Gasteiger partial charge in [0.15, 0.2) is 0 Å². The number of halogens is 1. The Morgan fingerprint density at radius 3 is 2.30 bits per heavy atom. The van der Waals surface area contributed by atoms with Crippen LogP contribution in [0.5, 0.6) is 0 Å². The van der Waals surface area contributed by atoms with Crippen LogP contribution in [0.2, 0.25) is 0 Å². The molecule has 0 bridgehead atoms. The van der Waals surface area contributed by atoms with Gasteiger partial charge in [0.2, 0.25) is 0 Å². The molecule has 152 valence electrons. The van der Waals surface area contributed by atoms with E-state index in [1.807, 2.05) is 0 Å². The van der Waals surface area contributed by atoms with Crippen LogP contribution in [0.4, 0.5) is 21.5 Å². The highest BCUT2D eigenvalue weighted by molar-refractivity contribution is 6.08. The summed E-state index contributed by atoms with van der Waals surface area (Å²) in [5, 5.41) is 16.3. The van der Waals surface area contributed by atoms with Gasteiger partial charge in [0.1, 0.15) is 5.82 Å². The molecule has 3 aromatic carbocycles. The molecule has 3 rings (SSSR count). The zero-order valence-corrected chi connectivity index (χ0v) is 16.2. The number of nitrogens with zero attached hydrogens (tertiary/aromatic N) is 1. The smallest absolute Gasteiger partial charge is 0.274 e. The van der Waals surface area contributed by atoms with Crippen molar-refractivity contribution < 1.29 is 18.9 Å². The molecule has 0 aliphatic heterocycles. The van der Waals surface area contributed by atoms with Crippen LogP contribution in [-0.2, 0) is 0 Å². The minimum Gasteiger partial charge on any atom is -0.322 e. The van der Waals surface area contributed by atoms with Gasteiger partial charge >= 0.3 is 0 Å². The van der Waals surface area contributed by atoms with Gasteiger partial charge in [-0.2, -0.15) is 0 Å². The van der Waals surface area contributed by atoms with E-state index in [0.29, 0.717) is 16.8 Å². The number of hydrogen-bond donors (Lipinski definition) is 2. The lowest BCUT2D eigenvalue weighted by atomic mass is 10.1. The van der Waals surface area contributed by atoms with Crippen molar-refractivity contribution in [3.05, 3.63) is 98.8 Å². The van der Waals surface area contributed by atoms with E-state index in [9.17, 15) is 24.1 Å². The van der Waals surface area contributed by atoms with Crippen LogP contribution in [0.15, 0.2) is 60.7 Å². The molecule has 0 saturated heterocycles. The lowest BCUT2D eigenvalue weighted by molar-refractivity contribution is -0.385. The van der Waals surface area contributed by atoms with E-state index in [1.54, 1.807) is 44.2 Å². The highest BCUT2D eigenvalue weighted by atomic mass is 19.1. The van der Waals surface area contributed by atoms with Gasteiger partial charge in [-0.25, -0.2) is 4.39 Å². The van der Waals surface area contributed by atoms with Crippen molar-refractivity contribution in [2.75, 3.05) is 10.6 Å². The predicted octanol–water partition coefficient (Wildman–Crippen LogP) is 4.86. The Balaban J connectivity index is 1.82. The molecule has 0 saturated carbocycles. The van der Waals surface area contributed by atoms with Crippen molar-refractivity contribution >= 4 is 28.9 Å². The second-order valence-electron chi connectivity index (χ2n) is 6.68. The molecular formula is C22H18FN3O4. The number of rotatable bonds is 5. The standard InChI is InChI=1S/C22H18FN3O4/c1-13-7-9-15(11-19(13)25-22(28)17-5-3-4-6-18(17)23)21(27)24-16-10-8-14(2)20(12-16)26(29)30/h3-12H,1-2H3,(H,24,27)(H,25,28). The number of carbonyl (C=O) groups is 2. The highest BCUT2D eigenvalue weighted by Gasteiger charge is 2.16. The SMILES string of the molecule is Cc1ccc(C(=O)Nc2ccc(C)c([N+](=O)[O-])c2)cc1NC(=O)c1ccccc1F. The molecule has 0 spiro atoms. The fourth-order valence-electron chi connectivity index (χ4n) is 2.82. The number of aryl methyl sites for hydroxylation is 2. The van der Waals surface area contributed by atoms with Crippen LogP contribution in [0, 0.1) is 29.8 Å². The van der Waals surface area contributed by atoms with Crippen molar-refractivity contribution in [1.29, 1.82) is 0 Å². The Morgan fingerprint density at radius 1 is 0.900 bits per heavy atom. The summed E-state index contributed by atoms with van der Waals surface area (Å²) in [5.74, 6) is -1.79. The quantitative estimate of drug-likeness (QED) is 0.466. The second kappa shape index (κ2) is 8.52. The van der Waals surface area contributed by atoms with Crippen LogP contribution >= 0.6 is 0 Å². The monoisotopic (exact) mass is 407 g/mol. The molecule has 0 aromatic heterocycles. The molecule has 2 N–H and O–H groups in total. The minimum absolute atomic E-state index is 0.102. The third-order valence-corrected chi connectivity index (χ3v) is 4.53. The summed E-state index contributed by atoms with van der Waals surface area (Å²) in [6.45, 7) is 3.34. The molecule has 0 aliphatic rings. The molecular weight excluding hydrogens is 389 g/mol. The van der Waals surface area contributed by atoms with Crippen LogP contribution in [0.1, 0.15) is 31.8 Å². The highest BCUT2D eigenvalue weighted by Crippen LogP contribution is 2.24. The van der Waals surface area contributed by atoms with Crippen molar-refractivity contribution in [3.8, 4) is 0 Å². The molecule has 7 nitrogen and oxygen atoms in total. The average Bonchev–Trinajstić information content (AvgIpc) is 2.71. The molecule has 8 heteroatoms. The first kappa shape index (κ1) is 20.7. The summed E-state index contributed by atoms with van der Waals surface area (Å²) in [7, 11) is 0. The fraction of sp³-hybridized carbons (Fsp3) is 0.0909. The molecule has 0 radical (unpaired) electrons. The van der Waals surface area contributed by atoms with Gasteiger partial charge in [-0.1, -0.05) is 24.3 Å². The maximum atomic E-state index is 13.8. The van der Waals surface area contributed by atoms with Crippen LogP contribution in [-0.4, -0.2) is 16.7 Å². The average molecular weight is 407 g/mol. The number of amides is 2. The number of carbonyl (C=O) groups excluding carboxylic acids is 2. The normalized spacial score (nSPS) is 10.4. The van der Waals surface area contributed by atoms with Gasteiger partial charge in [-0.05, 0) is 49.7 Å². The van der Waals surface area contributed by atoms with Gasteiger partial charge in [-0.15, -0.1) is 0 Å². The lowest BCUT2D eigenvalue weighted by Gasteiger charge is -2.12. The van der Waals surface area contributed by atoms with Crippen molar-refractivity contribution in [3.63, 3.8) is 0 Å². The number of nitrogens with one attached hydrogen (secondary N) is 2. The van der Waals surface area contributed by atoms with E-state index in [-0.39, 0.29) is 22.5 Å². The van der Waals surface area contributed by atoms with E-state index in [1.165, 1.54) is 30.3 Å². The first-order chi connectivity index (χ1) is 14.3. The first-order valence-corrected chi connectivity index (χ1v) is 8.99. The summed E-state index contributed by atoms with van der Waals surface area (Å²) in [6.07, 6.45) is 0. The van der Waals surface area contributed by atoms with Gasteiger partial charge in [0.25, 0.3) is 17.5 Å². The number of anilines is 2. The molecule has 2 amide bonds. The van der Waals surface area contributed by atoms with E-state index in [4.69, 9.17) is 0 Å². The molecule has 0 aliphatic carbocycles. The molecule has 0 unspecified atom stereocenters. The molecule has 0 atom stereocenters. The largest absolute Gasteiger partial charge is 0.322 e. The Morgan fingerprint density at radius 2 is 1.60 bits per heavy atom. The number of nitro groups is 1. The van der Waals surface area contributed by atoms with Crippen molar-refractivity contribution in [2.45, 2.75) is 13.8 Å². The summed E-state index contributed by atoms with van der Waals surface area (Å²) < 4.78 is 13.8. The molecule has 0 heterocycles. The summed E-state index contributed by atoms with van der Waals surface area (Å²) >= 11 is 0. The van der Waals surface area contributed by atoms with Gasteiger partial charge < -0.3 is 10.6 Å². The van der Waals surface area contributed by atoms with Gasteiger partial charge in [0, 0.05) is 28.6 Å². The Bertz CT molecular complexity index is 1160. The zero-order chi connectivity index (χ0) is 21.8. The molecule has 3 aromatic rings. The van der Waals surface area contributed by atoms with Crippen LogP contribution in [0.3, 0.4) is 0 Å². The Labute approximate surface area is 171 Å². The third-order valence-electron chi connectivity index (χ3n) is 4.53. The van der Waals surface area contributed by atoms with Crippen LogP contribution in [0.25, 0.3) is 0 Å². The lowest BCUT2D eigenvalue weighted by Crippen LogP contribution is -2.16. The molecule has 0 fully saturated rings. The zero-order valence-electron chi connectivity index (χ0n) is 16.2. The van der Waals surface area contributed by atoms with E-state index < -0.39 is 22.6 Å². The van der Waals surface area contributed by atoms with Crippen molar-refractivity contribution in [1.82, 2.24) is 0 Å². The van der Waals surface area contributed by atoms with Gasteiger partial charge in [-0.3, -0.25) is 19.7 Å². The Kier molecular flexibility index (Phi) is 5.87. The number of benzene rings is 3. The summed E-state index contributed by atoms with van der Waals surface area (Å²) in [6, 6.07) is 14.6. The van der Waals surface area contributed by atoms with Crippen molar-refractivity contribution in [2.24, 2.45) is 0 Å². The second-order valence-corrected chi connectivity index (χ2v) is 6.68. The minimum atomic E-state index is -0.650. The van der Waals surface area contributed by atoms with Crippen LogP contribution < -0.4 is 10.6 Å². The predicted molar refractivity (Wildman–Crippen MR) is 111 cm³/mol. The number of nitro benzene ring substituents is 1. The summed E-state index contributed by atoms with van der Waals surface area (Å²) in [4.78, 5) is 35.5. The Hall–Kier alpha value is -4.07. The topological polar surface area (TPSA) is 101 Å². The maximum absolute atomic E-state index is 13.8. The van der Waals surface area contributed by atoms with E-state index >= 15 is 0 Å². The summed E-state index contributed by atoms with van der Waals surface area (Å²) in [5.41, 5.74) is 1.80. The number of hydrogen-bond acceptors (Lipinski definition) is 4. The first-order valence-electron chi connectivity index (χ1n) is 8.99. The van der Waals surface area contributed by atoms with Gasteiger partial charge in [0.05, 0.1) is 10.5 Å². The fourth-order valence-corrected chi connectivity index (χ4v) is 2.82. The van der Waals surface area contributed by atoms with E-state index in [0.717, 1.165) is 0 Å². The molecule has 30 heavy (non-hydrogen) atoms. The maximum Gasteiger partial charge on any atom is 0.274 e.